The molecule has 18 heavy (non-hydrogen) atoms. The number of amides is 1. The van der Waals surface area contributed by atoms with E-state index in [9.17, 15) is 23.1 Å². The number of hydrogen-bond acceptors (Lipinski definition) is 3. The molecule has 0 spiro atoms. The first-order valence-corrected chi connectivity index (χ1v) is 5.11. The molecule has 3 N–H and O–H groups in total. The molecule has 0 radical (unpaired) electrons. The first-order chi connectivity index (χ1) is 8.20. The molecule has 100 valence electrons. The van der Waals surface area contributed by atoms with Crippen LogP contribution in [0.15, 0.2) is 18.2 Å². The van der Waals surface area contributed by atoms with Gasteiger partial charge in [0.25, 0.3) is 5.91 Å². The van der Waals surface area contributed by atoms with Crippen LogP contribution in [-0.4, -0.2) is 35.7 Å². The fraction of sp³-hybridized carbons (Fsp3) is 0.364. The quantitative estimate of drug-likeness (QED) is 0.646. The van der Waals surface area contributed by atoms with Crippen molar-refractivity contribution < 1.29 is 23.1 Å². The van der Waals surface area contributed by atoms with E-state index in [2.05, 4.69) is 0 Å². The molecule has 0 unspecified atom stereocenters. The van der Waals surface area contributed by atoms with Gasteiger partial charge in [-0.1, -0.05) is 0 Å². The van der Waals surface area contributed by atoms with Crippen molar-refractivity contribution in [3.63, 3.8) is 0 Å². The summed E-state index contributed by atoms with van der Waals surface area (Å²) in [6.45, 7) is -0.461. The fourth-order valence-corrected chi connectivity index (χ4v) is 1.33. The van der Waals surface area contributed by atoms with Crippen molar-refractivity contribution in [2.45, 2.75) is 12.6 Å². The van der Waals surface area contributed by atoms with Gasteiger partial charge in [-0.05, 0) is 18.2 Å². The zero-order chi connectivity index (χ0) is 13.9. The summed E-state index contributed by atoms with van der Waals surface area (Å²) in [6.07, 6.45) is -5.41. The summed E-state index contributed by atoms with van der Waals surface area (Å²) in [4.78, 5) is 12.7. The number of alkyl halides is 3. The fourth-order valence-electron chi connectivity index (χ4n) is 1.33. The van der Waals surface area contributed by atoms with Crippen LogP contribution < -0.4 is 5.73 Å². The van der Waals surface area contributed by atoms with E-state index in [4.69, 9.17) is 5.73 Å². The van der Waals surface area contributed by atoms with Crippen LogP contribution in [0.5, 0.6) is 5.75 Å². The van der Waals surface area contributed by atoms with Crippen molar-refractivity contribution in [3.05, 3.63) is 23.8 Å². The number of carbonyl (C=O) groups is 1. The molecule has 0 atom stereocenters. The maximum atomic E-state index is 12.0. The Labute approximate surface area is 102 Å². The Morgan fingerprint density at radius 2 is 2.06 bits per heavy atom. The third kappa shape index (κ3) is 3.83. The minimum Gasteiger partial charge on any atom is -0.508 e. The highest BCUT2D eigenvalue weighted by atomic mass is 19.4. The van der Waals surface area contributed by atoms with Gasteiger partial charge in [-0.15, -0.1) is 0 Å². The number of hydrogen-bond donors (Lipinski definition) is 2. The summed E-state index contributed by atoms with van der Waals surface area (Å²) in [7, 11) is 1.25. The van der Waals surface area contributed by atoms with Gasteiger partial charge in [0.1, 0.15) is 5.75 Å². The summed E-state index contributed by atoms with van der Waals surface area (Å²) in [6, 6.07) is 3.74. The first-order valence-electron chi connectivity index (χ1n) is 5.11. The Kier molecular flexibility index (Phi) is 4.05. The van der Waals surface area contributed by atoms with Gasteiger partial charge in [0.05, 0.1) is 12.0 Å². The molecule has 0 saturated heterocycles. The Morgan fingerprint density at radius 1 is 1.44 bits per heavy atom. The zero-order valence-electron chi connectivity index (χ0n) is 9.66. The zero-order valence-corrected chi connectivity index (χ0v) is 9.66. The molecule has 0 bridgehead atoms. The van der Waals surface area contributed by atoms with Crippen LogP contribution in [0.1, 0.15) is 16.8 Å². The van der Waals surface area contributed by atoms with Gasteiger partial charge in [0.2, 0.25) is 0 Å². The number of nitrogen functional groups attached to an aromatic ring is 1. The Hall–Kier alpha value is -1.92. The third-order valence-electron chi connectivity index (χ3n) is 2.34. The van der Waals surface area contributed by atoms with E-state index in [-0.39, 0.29) is 17.0 Å². The number of anilines is 1. The van der Waals surface area contributed by atoms with Crippen LogP contribution in [0.3, 0.4) is 0 Å². The standard InChI is InChI=1S/C11H13F3N2O2/c1-16(5-4-11(12,13)14)10(18)8-6-7(17)2-3-9(8)15/h2-3,6,17H,4-5,15H2,1H3. The predicted molar refractivity (Wildman–Crippen MR) is 60.2 cm³/mol. The maximum Gasteiger partial charge on any atom is 0.390 e. The second kappa shape index (κ2) is 5.16. The molecule has 4 nitrogen and oxygen atoms in total. The molecule has 0 fully saturated rings. The molecule has 0 heterocycles. The molecule has 1 aromatic carbocycles. The summed E-state index contributed by atoms with van der Waals surface area (Å²) in [5, 5.41) is 9.22. The highest BCUT2D eigenvalue weighted by Gasteiger charge is 2.28. The third-order valence-corrected chi connectivity index (χ3v) is 2.34. The minimum absolute atomic E-state index is 0.0142. The molecule has 0 saturated carbocycles. The van der Waals surface area contributed by atoms with Gasteiger partial charge >= 0.3 is 6.18 Å². The topological polar surface area (TPSA) is 66.6 Å². The lowest BCUT2D eigenvalue weighted by atomic mass is 10.1. The number of carbonyl (C=O) groups excluding carboxylic acids is 1. The summed E-state index contributed by atoms with van der Waals surface area (Å²) < 4.78 is 36.1. The second-order valence-corrected chi connectivity index (χ2v) is 3.86. The summed E-state index contributed by atoms with van der Waals surface area (Å²) in [5.41, 5.74) is 5.62. The van der Waals surface area contributed by atoms with E-state index in [1.54, 1.807) is 0 Å². The van der Waals surface area contributed by atoms with Crippen LogP contribution in [-0.2, 0) is 0 Å². The lowest BCUT2D eigenvalue weighted by Gasteiger charge is -2.19. The van der Waals surface area contributed by atoms with Gasteiger partial charge in [-0.25, -0.2) is 0 Å². The predicted octanol–water partition coefficient (Wildman–Crippen LogP) is 2.00. The molecule has 1 rings (SSSR count). The summed E-state index contributed by atoms with van der Waals surface area (Å²) >= 11 is 0. The van der Waals surface area contributed by atoms with Crippen LogP contribution in [0, 0.1) is 0 Å². The molecule has 0 aliphatic carbocycles. The van der Waals surface area contributed by atoms with Crippen molar-refractivity contribution in [1.82, 2.24) is 4.90 Å². The number of rotatable bonds is 3. The van der Waals surface area contributed by atoms with Crippen molar-refractivity contribution in [2.75, 3.05) is 19.3 Å². The van der Waals surface area contributed by atoms with Crippen molar-refractivity contribution >= 4 is 11.6 Å². The monoisotopic (exact) mass is 262 g/mol. The van der Waals surface area contributed by atoms with E-state index in [1.165, 1.54) is 19.2 Å². The Morgan fingerprint density at radius 3 is 2.61 bits per heavy atom. The lowest BCUT2D eigenvalue weighted by Crippen LogP contribution is -2.31. The molecular formula is C11H13F3N2O2. The largest absolute Gasteiger partial charge is 0.508 e. The van der Waals surface area contributed by atoms with Crippen LogP contribution >= 0.6 is 0 Å². The number of halogens is 3. The molecular weight excluding hydrogens is 249 g/mol. The SMILES string of the molecule is CN(CCC(F)(F)F)C(=O)c1cc(O)ccc1N. The van der Waals surface area contributed by atoms with Crippen molar-refractivity contribution in [3.8, 4) is 5.75 Å². The molecule has 0 aromatic heterocycles. The number of phenols is 1. The highest BCUT2D eigenvalue weighted by molar-refractivity contribution is 5.99. The van der Waals surface area contributed by atoms with Gasteiger partial charge in [0.15, 0.2) is 0 Å². The van der Waals surface area contributed by atoms with Crippen molar-refractivity contribution in [1.29, 1.82) is 0 Å². The van der Waals surface area contributed by atoms with Gasteiger partial charge in [0, 0.05) is 19.3 Å². The molecule has 0 aliphatic heterocycles. The molecule has 1 aromatic rings. The van der Waals surface area contributed by atoms with Crippen molar-refractivity contribution in [2.24, 2.45) is 0 Å². The molecule has 1 amide bonds. The minimum atomic E-state index is -4.32. The number of benzene rings is 1. The normalized spacial score (nSPS) is 11.3. The summed E-state index contributed by atoms with van der Waals surface area (Å²) in [5.74, 6) is -0.829. The van der Waals surface area contributed by atoms with E-state index < -0.39 is 25.0 Å². The Bertz CT molecular complexity index is 446. The molecule has 0 aliphatic rings. The number of aromatic hydroxyl groups is 1. The first kappa shape index (κ1) is 14.1. The second-order valence-electron chi connectivity index (χ2n) is 3.86. The van der Waals surface area contributed by atoms with E-state index >= 15 is 0 Å². The van der Waals surface area contributed by atoms with E-state index in [0.717, 1.165) is 11.0 Å². The van der Waals surface area contributed by atoms with Crippen LogP contribution in [0.2, 0.25) is 0 Å². The smallest absolute Gasteiger partial charge is 0.390 e. The highest BCUT2D eigenvalue weighted by Crippen LogP contribution is 2.22. The Balaban J connectivity index is 2.77. The van der Waals surface area contributed by atoms with E-state index in [1.807, 2.05) is 0 Å². The van der Waals surface area contributed by atoms with Gasteiger partial charge < -0.3 is 15.7 Å². The number of nitrogens with zero attached hydrogens (tertiary/aromatic N) is 1. The van der Waals surface area contributed by atoms with Gasteiger partial charge in [-0.3, -0.25) is 4.79 Å². The van der Waals surface area contributed by atoms with Crippen LogP contribution in [0.25, 0.3) is 0 Å². The number of nitrogens with two attached hydrogens (primary N) is 1. The maximum absolute atomic E-state index is 12.0. The van der Waals surface area contributed by atoms with Gasteiger partial charge in [-0.2, -0.15) is 13.2 Å². The average molecular weight is 262 g/mol. The molecule has 7 heteroatoms. The number of phenolic OH excluding ortho intramolecular Hbond substituents is 1. The van der Waals surface area contributed by atoms with Crippen LogP contribution in [0.4, 0.5) is 18.9 Å². The lowest BCUT2D eigenvalue weighted by molar-refractivity contribution is -0.136. The van der Waals surface area contributed by atoms with E-state index in [0.29, 0.717) is 0 Å². The average Bonchev–Trinajstić information content (AvgIpc) is 2.27.